The summed E-state index contributed by atoms with van der Waals surface area (Å²) in [6.45, 7) is 5.56. The first kappa shape index (κ1) is 17.6. The Labute approximate surface area is 164 Å². The maximum Gasteiger partial charge on any atom is 0.233 e. The molecule has 3 aromatic rings. The number of hydrogen-bond acceptors (Lipinski definition) is 4. The minimum absolute atomic E-state index is 0.142. The first-order valence-corrected chi connectivity index (χ1v) is 10.4. The van der Waals surface area contributed by atoms with Crippen LogP contribution in [0.1, 0.15) is 31.1 Å². The van der Waals surface area contributed by atoms with Crippen molar-refractivity contribution in [1.82, 2.24) is 24.6 Å². The van der Waals surface area contributed by atoms with Crippen LogP contribution < -0.4 is 0 Å². The molecule has 8 heteroatoms. The number of para-hydroxylation sites is 1. The van der Waals surface area contributed by atoms with Gasteiger partial charge >= 0.3 is 0 Å². The average molecular weight is 434 g/mol. The molecule has 1 aliphatic rings. The van der Waals surface area contributed by atoms with Crippen LogP contribution in [0, 0.1) is 0 Å². The van der Waals surface area contributed by atoms with Crippen molar-refractivity contribution in [2.75, 3.05) is 12.3 Å². The lowest BCUT2D eigenvalue weighted by Crippen LogP contribution is -2.37. The molecule has 1 aromatic carbocycles. The first-order valence-electron chi connectivity index (χ1n) is 8.62. The fourth-order valence-electron chi connectivity index (χ4n) is 3.32. The number of carbonyl (C=O) groups is 1. The van der Waals surface area contributed by atoms with Crippen LogP contribution in [0.2, 0.25) is 0 Å². The van der Waals surface area contributed by atoms with E-state index in [4.69, 9.17) is 0 Å². The summed E-state index contributed by atoms with van der Waals surface area (Å²) in [6.07, 6.45) is 2.57. The maximum atomic E-state index is 12.7. The van der Waals surface area contributed by atoms with Crippen molar-refractivity contribution < 1.29 is 4.79 Å². The lowest BCUT2D eigenvalue weighted by molar-refractivity contribution is -0.129. The largest absolute Gasteiger partial charge is 0.357 e. The predicted octanol–water partition coefficient (Wildman–Crippen LogP) is 3.78. The van der Waals surface area contributed by atoms with Crippen LogP contribution in [0.4, 0.5) is 0 Å². The second kappa shape index (κ2) is 7.08. The number of hydrogen-bond donors (Lipinski definition) is 1. The van der Waals surface area contributed by atoms with Crippen molar-refractivity contribution in [3.8, 4) is 0 Å². The van der Waals surface area contributed by atoms with Gasteiger partial charge in [-0.25, -0.2) is 0 Å². The summed E-state index contributed by atoms with van der Waals surface area (Å²) in [7, 11) is 0. The molecule has 0 aliphatic carbocycles. The molecule has 0 saturated heterocycles. The molecule has 2 aromatic heterocycles. The third kappa shape index (κ3) is 3.16. The van der Waals surface area contributed by atoms with Crippen LogP contribution in [0.15, 0.2) is 34.2 Å². The number of thioether (sulfide) groups is 1. The summed E-state index contributed by atoms with van der Waals surface area (Å²) in [5.74, 6) is 0.524. The molecule has 0 radical (unpaired) electrons. The molecule has 0 bridgehead atoms. The smallest absolute Gasteiger partial charge is 0.233 e. The van der Waals surface area contributed by atoms with E-state index in [1.807, 2.05) is 21.6 Å². The highest BCUT2D eigenvalue weighted by molar-refractivity contribution is 9.10. The molecule has 136 valence electrons. The van der Waals surface area contributed by atoms with Gasteiger partial charge in [0.2, 0.25) is 5.91 Å². The molecule has 0 fully saturated rings. The Morgan fingerprint density at radius 2 is 2.27 bits per heavy atom. The number of amides is 1. The van der Waals surface area contributed by atoms with E-state index in [0.29, 0.717) is 12.3 Å². The average Bonchev–Trinajstić information content (AvgIpc) is 3.24. The van der Waals surface area contributed by atoms with Gasteiger partial charge in [-0.15, -0.1) is 10.2 Å². The molecule has 0 spiro atoms. The number of fused-ring (bicyclic) bond motifs is 3. The Balaban J connectivity index is 1.48. The number of carbonyl (C=O) groups excluding carboxylic acids is 1. The van der Waals surface area contributed by atoms with Gasteiger partial charge in [0, 0.05) is 46.7 Å². The maximum absolute atomic E-state index is 12.7. The third-order valence-electron chi connectivity index (χ3n) is 4.73. The summed E-state index contributed by atoms with van der Waals surface area (Å²) in [5.41, 5.74) is 3.59. The number of benzene rings is 1. The minimum atomic E-state index is 0.142. The minimum Gasteiger partial charge on any atom is -0.357 e. The SMILES string of the molecule is CC(C)n1cnnc1SCC(=O)N1CCc2[nH]c3c(Br)cccc3c2C1. The summed E-state index contributed by atoms with van der Waals surface area (Å²) < 4.78 is 3.05. The quantitative estimate of drug-likeness (QED) is 0.635. The molecule has 1 aliphatic heterocycles. The first-order chi connectivity index (χ1) is 12.5. The van der Waals surface area contributed by atoms with Crippen LogP contribution in [-0.2, 0) is 17.8 Å². The fraction of sp³-hybridized carbons (Fsp3) is 0.389. The zero-order valence-electron chi connectivity index (χ0n) is 14.7. The Morgan fingerprint density at radius 1 is 1.42 bits per heavy atom. The lowest BCUT2D eigenvalue weighted by atomic mass is 10.0. The number of aromatic nitrogens is 4. The molecule has 1 amide bonds. The topological polar surface area (TPSA) is 66.8 Å². The van der Waals surface area contributed by atoms with E-state index in [0.717, 1.165) is 28.1 Å². The number of halogens is 1. The van der Waals surface area contributed by atoms with Gasteiger partial charge in [0.1, 0.15) is 6.33 Å². The van der Waals surface area contributed by atoms with Crippen molar-refractivity contribution in [1.29, 1.82) is 0 Å². The zero-order chi connectivity index (χ0) is 18.3. The van der Waals surface area contributed by atoms with Crippen molar-refractivity contribution in [3.05, 3.63) is 40.3 Å². The van der Waals surface area contributed by atoms with Gasteiger partial charge in [0.15, 0.2) is 5.16 Å². The van der Waals surface area contributed by atoms with Crippen molar-refractivity contribution in [3.63, 3.8) is 0 Å². The van der Waals surface area contributed by atoms with Crippen LogP contribution in [0.25, 0.3) is 10.9 Å². The number of H-pyrrole nitrogens is 1. The van der Waals surface area contributed by atoms with Gasteiger partial charge in [-0.1, -0.05) is 23.9 Å². The highest BCUT2D eigenvalue weighted by Gasteiger charge is 2.25. The van der Waals surface area contributed by atoms with Crippen molar-refractivity contribution >= 4 is 44.5 Å². The highest BCUT2D eigenvalue weighted by atomic mass is 79.9. The van der Waals surface area contributed by atoms with Crippen LogP contribution >= 0.6 is 27.7 Å². The van der Waals surface area contributed by atoms with Gasteiger partial charge in [-0.3, -0.25) is 4.79 Å². The van der Waals surface area contributed by atoms with Crippen molar-refractivity contribution in [2.45, 2.75) is 38.0 Å². The third-order valence-corrected chi connectivity index (χ3v) is 6.34. The molecule has 3 heterocycles. The van der Waals surface area contributed by atoms with E-state index >= 15 is 0 Å². The molecule has 26 heavy (non-hydrogen) atoms. The fourth-order valence-corrected chi connectivity index (χ4v) is 4.73. The van der Waals surface area contributed by atoms with Gasteiger partial charge in [-0.2, -0.15) is 0 Å². The van der Waals surface area contributed by atoms with E-state index in [1.54, 1.807) is 6.33 Å². The Bertz CT molecular complexity index is 964. The Hall–Kier alpha value is -1.80. The second-order valence-corrected chi connectivity index (χ2v) is 8.51. The second-order valence-electron chi connectivity index (χ2n) is 6.71. The zero-order valence-corrected chi connectivity index (χ0v) is 17.1. The monoisotopic (exact) mass is 433 g/mol. The van der Waals surface area contributed by atoms with Crippen LogP contribution in [0.3, 0.4) is 0 Å². The van der Waals surface area contributed by atoms with E-state index < -0.39 is 0 Å². The molecule has 0 atom stereocenters. The molecule has 0 saturated carbocycles. The van der Waals surface area contributed by atoms with Crippen LogP contribution in [0.5, 0.6) is 0 Å². The number of rotatable bonds is 4. The van der Waals surface area contributed by atoms with Crippen LogP contribution in [-0.4, -0.2) is 42.9 Å². The summed E-state index contributed by atoms with van der Waals surface area (Å²) in [4.78, 5) is 18.2. The van der Waals surface area contributed by atoms with Gasteiger partial charge in [0.25, 0.3) is 0 Å². The predicted molar refractivity (Wildman–Crippen MR) is 106 cm³/mol. The molecule has 4 rings (SSSR count). The molecular formula is C18H20BrN5OS. The van der Waals surface area contributed by atoms with E-state index in [2.05, 4.69) is 51.0 Å². The lowest BCUT2D eigenvalue weighted by Gasteiger charge is -2.27. The van der Waals surface area contributed by atoms with E-state index in [-0.39, 0.29) is 11.9 Å². The number of nitrogens with one attached hydrogen (secondary N) is 1. The van der Waals surface area contributed by atoms with Gasteiger partial charge < -0.3 is 14.5 Å². The highest BCUT2D eigenvalue weighted by Crippen LogP contribution is 2.32. The number of aromatic amines is 1. The molecular weight excluding hydrogens is 414 g/mol. The van der Waals surface area contributed by atoms with E-state index in [1.165, 1.54) is 28.4 Å². The standard InChI is InChI=1S/C18H20BrN5OS/c1-11(2)24-10-20-22-18(24)26-9-16(25)23-7-6-15-13(8-23)12-4-3-5-14(19)17(12)21-15/h3-5,10-11,21H,6-9H2,1-2H3. The molecule has 6 nitrogen and oxygen atoms in total. The normalized spacial score (nSPS) is 14.2. The van der Waals surface area contributed by atoms with Gasteiger partial charge in [-0.05, 0) is 35.8 Å². The van der Waals surface area contributed by atoms with Gasteiger partial charge in [0.05, 0.1) is 11.3 Å². The molecule has 1 N–H and O–H groups in total. The summed E-state index contributed by atoms with van der Waals surface area (Å²) >= 11 is 5.06. The number of nitrogens with zero attached hydrogens (tertiary/aromatic N) is 4. The Morgan fingerprint density at radius 3 is 3.08 bits per heavy atom. The Kier molecular flexibility index (Phi) is 4.79. The summed E-state index contributed by atoms with van der Waals surface area (Å²) in [5, 5.41) is 10.1. The summed E-state index contributed by atoms with van der Waals surface area (Å²) in [6, 6.07) is 6.47. The van der Waals surface area contributed by atoms with Crippen molar-refractivity contribution in [2.24, 2.45) is 0 Å². The molecule has 0 unspecified atom stereocenters. The van der Waals surface area contributed by atoms with E-state index in [9.17, 15) is 4.79 Å².